The maximum Gasteiger partial charge on any atom is 0.0686 e. The van der Waals surface area contributed by atoms with Crippen LogP contribution in [0.5, 0.6) is 0 Å². The van der Waals surface area contributed by atoms with Gasteiger partial charge in [-0.15, -0.1) is 0 Å². The SMILES string of the molecule is CCC1CCCC(C(O)C2CCOC3(CCCCC3)C2)C1. The summed E-state index contributed by atoms with van der Waals surface area (Å²) in [6.07, 6.45) is 15.2. The second kappa shape index (κ2) is 7.00. The lowest BCUT2D eigenvalue weighted by Crippen LogP contribution is -2.46. The van der Waals surface area contributed by atoms with Crippen LogP contribution in [0, 0.1) is 17.8 Å². The standard InChI is InChI=1S/C19H34O2/c1-2-15-7-6-8-16(13-15)18(20)17-9-12-21-19(14-17)10-4-3-5-11-19/h15-18,20H,2-14H2,1H3. The molecule has 4 atom stereocenters. The van der Waals surface area contributed by atoms with E-state index in [0.717, 1.165) is 25.4 Å². The van der Waals surface area contributed by atoms with Crippen molar-refractivity contribution in [1.82, 2.24) is 0 Å². The summed E-state index contributed by atoms with van der Waals surface area (Å²) in [5.41, 5.74) is 0.140. The molecule has 122 valence electrons. The Labute approximate surface area is 130 Å². The van der Waals surface area contributed by atoms with E-state index in [0.29, 0.717) is 11.8 Å². The molecule has 1 spiro atoms. The van der Waals surface area contributed by atoms with E-state index in [-0.39, 0.29) is 11.7 Å². The molecule has 0 bridgehead atoms. The molecule has 1 aliphatic heterocycles. The Hall–Kier alpha value is -0.0800. The van der Waals surface area contributed by atoms with E-state index in [4.69, 9.17) is 4.74 Å². The highest BCUT2D eigenvalue weighted by Crippen LogP contribution is 2.44. The Morgan fingerprint density at radius 1 is 1.05 bits per heavy atom. The fraction of sp³-hybridized carbons (Fsp3) is 1.00. The number of hydrogen-bond acceptors (Lipinski definition) is 2. The molecule has 1 saturated heterocycles. The predicted molar refractivity (Wildman–Crippen MR) is 86.2 cm³/mol. The van der Waals surface area contributed by atoms with Crippen LogP contribution in [0.15, 0.2) is 0 Å². The van der Waals surface area contributed by atoms with Gasteiger partial charge in [-0.1, -0.05) is 45.4 Å². The highest BCUT2D eigenvalue weighted by molar-refractivity contribution is 4.93. The zero-order valence-corrected chi connectivity index (χ0v) is 13.9. The summed E-state index contributed by atoms with van der Waals surface area (Å²) in [6, 6.07) is 0. The third-order valence-electron chi connectivity index (χ3n) is 6.66. The molecule has 3 aliphatic rings. The van der Waals surface area contributed by atoms with Crippen LogP contribution >= 0.6 is 0 Å². The first-order valence-corrected chi connectivity index (χ1v) is 9.54. The molecule has 21 heavy (non-hydrogen) atoms. The van der Waals surface area contributed by atoms with E-state index in [9.17, 15) is 5.11 Å². The number of aliphatic hydroxyl groups is 1. The lowest BCUT2D eigenvalue weighted by molar-refractivity contribution is -0.141. The molecule has 0 amide bonds. The van der Waals surface area contributed by atoms with Crippen molar-refractivity contribution in [3.05, 3.63) is 0 Å². The topological polar surface area (TPSA) is 29.5 Å². The molecule has 2 saturated carbocycles. The summed E-state index contributed by atoms with van der Waals surface area (Å²) < 4.78 is 6.21. The Kier molecular flexibility index (Phi) is 5.27. The maximum atomic E-state index is 11.0. The summed E-state index contributed by atoms with van der Waals surface area (Å²) in [5, 5.41) is 11.0. The normalized spacial score (nSPS) is 38.3. The minimum Gasteiger partial charge on any atom is -0.393 e. The van der Waals surface area contributed by atoms with Crippen molar-refractivity contribution < 1.29 is 9.84 Å². The average Bonchev–Trinajstić information content (AvgIpc) is 2.55. The second-order valence-corrected chi connectivity index (χ2v) is 8.04. The van der Waals surface area contributed by atoms with E-state index in [1.165, 1.54) is 64.2 Å². The number of rotatable bonds is 3. The van der Waals surface area contributed by atoms with Gasteiger partial charge < -0.3 is 9.84 Å². The average molecular weight is 294 g/mol. The Morgan fingerprint density at radius 3 is 2.62 bits per heavy atom. The first-order valence-electron chi connectivity index (χ1n) is 9.54. The van der Waals surface area contributed by atoms with Crippen molar-refractivity contribution in [3.8, 4) is 0 Å². The molecule has 0 aromatic rings. The van der Waals surface area contributed by atoms with E-state index in [1.807, 2.05) is 0 Å². The van der Waals surface area contributed by atoms with Gasteiger partial charge in [-0.05, 0) is 56.3 Å². The molecular weight excluding hydrogens is 260 g/mol. The van der Waals surface area contributed by atoms with Crippen LogP contribution in [-0.4, -0.2) is 23.4 Å². The van der Waals surface area contributed by atoms with Gasteiger partial charge in [-0.3, -0.25) is 0 Å². The van der Waals surface area contributed by atoms with Crippen LogP contribution < -0.4 is 0 Å². The smallest absolute Gasteiger partial charge is 0.0686 e. The Morgan fingerprint density at radius 2 is 1.86 bits per heavy atom. The van der Waals surface area contributed by atoms with Crippen molar-refractivity contribution in [1.29, 1.82) is 0 Å². The van der Waals surface area contributed by atoms with Crippen LogP contribution in [-0.2, 0) is 4.74 Å². The minimum absolute atomic E-state index is 0.0675. The molecule has 0 aromatic carbocycles. The molecule has 4 unspecified atom stereocenters. The third kappa shape index (κ3) is 3.64. The minimum atomic E-state index is -0.0675. The number of ether oxygens (including phenoxy) is 1. The van der Waals surface area contributed by atoms with Gasteiger partial charge in [0.1, 0.15) is 0 Å². The third-order valence-corrected chi connectivity index (χ3v) is 6.66. The van der Waals surface area contributed by atoms with E-state index in [2.05, 4.69) is 6.92 Å². The van der Waals surface area contributed by atoms with Gasteiger partial charge in [0.15, 0.2) is 0 Å². The van der Waals surface area contributed by atoms with Crippen LogP contribution in [0.1, 0.15) is 84.0 Å². The van der Waals surface area contributed by atoms with Crippen molar-refractivity contribution >= 4 is 0 Å². The van der Waals surface area contributed by atoms with E-state index < -0.39 is 0 Å². The monoisotopic (exact) mass is 294 g/mol. The molecule has 0 aromatic heterocycles. The lowest BCUT2D eigenvalue weighted by atomic mass is 9.69. The highest BCUT2D eigenvalue weighted by Gasteiger charge is 2.42. The molecule has 0 radical (unpaired) electrons. The Bertz CT molecular complexity index is 316. The van der Waals surface area contributed by atoms with Gasteiger partial charge in [0.05, 0.1) is 11.7 Å². The zero-order valence-electron chi connectivity index (χ0n) is 13.9. The number of aliphatic hydroxyl groups excluding tert-OH is 1. The molecule has 1 N–H and O–H groups in total. The zero-order chi connectivity index (χ0) is 14.7. The fourth-order valence-corrected chi connectivity index (χ4v) is 5.30. The van der Waals surface area contributed by atoms with Gasteiger partial charge in [0.2, 0.25) is 0 Å². The van der Waals surface area contributed by atoms with Crippen molar-refractivity contribution in [2.24, 2.45) is 17.8 Å². The van der Waals surface area contributed by atoms with Crippen molar-refractivity contribution in [2.45, 2.75) is 95.7 Å². The highest BCUT2D eigenvalue weighted by atomic mass is 16.5. The molecule has 3 rings (SSSR count). The predicted octanol–water partition coefficient (Wildman–Crippen LogP) is 4.69. The molecular formula is C19H34O2. The van der Waals surface area contributed by atoms with Crippen molar-refractivity contribution in [2.75, 3.05) is 6.61 Å². The van der Waals surface area contributed by atoms with Gasteiger partial charge >= 0.3 is 0 Å². The molecule has 2 heteroatoms. The summed E-state index contributed by atoms with van der Waals surface area (Å²) in [4.78, 5) is 0. The molecule has 2 nitrogen and oxygen atoms in total. The van der Waals surface area contributed by atoms with Crippen LogP contribution in [0.2, 0.25) is 0 Å². The maximum absolute atomic E-state index is 11.0. The van der Waals surface area contributed by atoms with Crippen LogP contribution in [0.4, 0.5) is 0 Å². The first kappa shape index (κ1) is 15.8. The lowest BCUT2D eigenvalue weighted by Gasteiger charge is -2.46. The molecule has 2 aliphatic carbocycles. The summed E-state index contributed by atoms with van der Waals surface area (Å²) in [6.45, 7) is 3.19. The van der Waals surface area contributed by atoms with E-state index >= 15 is 0 Å². The van der Waals surface area contributed by atoms with Gasteiger partial charge in [-0.25, -0.2) is 0 Å². The fourth-order valence-electron chi connectivity index (χ4n) is 5.30. The van der Waals surface area contributed by atoms with Gasteiger partial charge in [-0.2, -0.15) is 0 Å². The largest absolute Gasteiger partial charge is 0.393 e. The van der Waals surface area contributed by atoms with Crippen molar-refractivity contribution in [3.63, 3.8) is 0 Å². The second-order valence-electron chi connectivity index (χ2n) is 8.04. The van der Waals surface area contributed by atoms with Crippen LogP contribution in [0.25, 0.3) is 0 Å². The molecule has 1 heterocycles. The van der Waals surface area contributed by atoms with Gasteiger partial charge in [0.25, 0.3) is 0 Å². The summed E-state index contributed by atoms with van der Waals surface area (Å²) in [5.74, 6) is 1.92. The first-order chi connectivity index (χ1) is 10.2. The summed E-state index contributed by atoms with van der Waals surface area (Å²) >= 11 is 0. The summed E-state index contributed by atoms with van der Waals surface area (Å²) in [7, 11) is 0. The van der Waals surface area contributed by atoms with E-state index in [1.54, 1.807) is 0 Å². The number of hydrogen-bond donors (Lipinski definition) is 1. The quantitative estimate of drug-likeness (QED) is 0.818. The Balaban J connectivity index is 1.59. The van der Waals surface area contributed by atoms with Gasteiger partial charge in [0, 0.05) is 6.61 Å². The van der Waals surface area contributed by atoms with Crippen LogP contribution in [0.3, 0.4) is 0 Å². The molecule has 3 fully saturated rings.